The highest BCUT2D eigenvalue weighted by atomic mass is 16.5. The third-order valence-electron chi connectivity index (χ3n) is 2.80. The molecule has 0 aliphatic rings. The number of allylic oxidation sites excluding steroid dienone is 1. The molecule has 0 saturated carbocycles. The van der Waals surface area contributed by atoms with Crippen LogP contribution in [0.15, 0.2) is 54.6 Å². The minimum Gasteiger partial charge on any atom is -0.423 e. The lowest BCUT2D eigenvalue weighted by molar-refractivity contribution is -0.128. The fourth-order valence-corrected chi connectivity index (χ4v) is 1.69. The molecule has 0 unspecified atom stereocenters. The molecule has 2 rings (SSSR count). The molecule has 0 aliphatic carbocycles. The molecule has 0 radical (unpaired) electrons. The molecule has 0 aliphatic heterocycles. The molecule has 2 aromatic rings. The van der Waals surface area contributed by atoms with Gasteiger partial charge in [-0.05, 0) is 54.5 Å². The zero-order valence-electron chi connectivity index (χ0n) is 11.2. The van der Waals surface area contributed by atoms with Gasteiger partial charge in [-0.1, -0.05) is 12.1 Å². The number of nitrogens with two attached hydrogens (primary N) is 2. The van der Waals surface area contributed by atoms with Crippen molar-refractivity contribution in [2.45, 2.75) is 6.92 Å². The van der Waals surface area contributed by atoms with Gasteiger partial charge in [-0.2, -0.15) is 0 Å². The van der Waals surface area contributed by atoms with Crippen LogP contribution in [0.1, 0.15) is 12.5 Å². The van der Waals surface area contributed by atoms with Gasteiger partial charge in [0, 0.05) is 17.5 Å². The molecule has 0 fully saturated rings. The summed E-state index contributed by atoms with van der Waals surface area (Å²) in [5.74, 6) is 0.0367. The summed E-state index contributed by atoms with van der Waals surface area (Å²) in [4.78, 5) is 11.8. The van der Waals surface area contributed by atoms with Crippen molar-refractivity contribution in [2.24, 2.45) is 0 Å². The zero-order chi connectivity index (χ0) is 14.5. The van der Waals surface area contributed by atoms with Crippen molar-refractivity contribution >= 4 is 22.9 Å². The SMILES string of the molecule is C/C(=C\C(=O)Oc1ccc(N)cc1)c1ccc(N)cc1. The summed E-state index contributed by atoms with van der Waals surface area (Å²) in [6.45, 7) is 1.84. The van der Waals surface area contributed by atoms with E-state index in [1.165, 1.54) is 6.08 Å². The summed E-state index contributed by atoms with van der Waals surface area (Å²) in [5, 5.41) is 0. The van der Waals surface area contributed by atoms with Crippen molar-refractivity contribution in [3.05, 3.63) is 60.2 Å². The number of nitrogen functional groups attached to an aromatic ring is 2. The maximum atomic E-state index is 11.8. The van der Waals surface area contributed by atoms with Crippen molar-refractivity contribution in [1.29, 1.82) is 0 Å². The maximum Gasteiger partial charge on any atom is 0.336 e. The van der Waals surface area contributed by atoms with E-state index < -0.39 is 5.97 Å². The second-order valence-corrected chi connectivity index (χ2v) is 4.44. The zero-order valence-corrected chi connectivity index (χ0v) is 11.2. The van der Waals surface area contributed by atoms with Gasteiger partial charge in [-0.25, -0.2) is 4.79 Å². The van der Waals surface area contributed by atoms with Crippen molar-refractivity contribution in [3.63, 3.8) is 0 Å². The highest BCUT2D eigenvalue weighted by Crippen LogP contribution is 2.17. The highest BCUT2D eigenvalue weighted by molar-refractivity contribution is 5.92. The molecule has 4 heteroatoms. The average Bonchev–Trinajstić information content (AvgIpc) is 2.42. The third-order valence-corrected chi connectivity index (χ3v) is 2.80. The van der Waals surface area contributed by atoms with Gasteiger partial charge in [0.1, 0.15) is 5.75 Å². The Morgan fingerprint density at radius 3 is 2.00 bits per heavy atom. The molecule has 20 heavy (non-hydrogen) atoms. The summed E-state index contributed by atoms with van der Waals surface area (Å²) >= 11 is 0. The Bertz CT molecular complexity index is 629. The fraction of sp³-hybridized carbons (Fsp3) is 0.0625. The van der Waals surface area contributed by atoms with Gasteiger partial charge < -0.3 is 16.2 Å². The Balaban J connectivity index is 2.07. The van der Waals surface area contributed by atoms with Crippen molar-refractivity contribution in [2.75, 3.05) is 11.5 Å². The van der Waals surface area contributed by atoms with Gasteiger partial charge in [0.15, 0.2) is 0 Å². The van der Waals surface area contributed by atoms with Gasteiger partial charge in [0.25, 0.3) is 0 Å². The number of hydrogen-bond acceptors (Lipinski definition) is 4. The highest BCUT2D eigenvalue weighted by Gasteiger charge is 2.03. The smallest absolute Gasteiger partial charge is 0.336 e. The van der Waals surface area contributed by atoms with Crippen LogP contribution in [-0.2, 0) is 4.79 Å². The van der Waals surface area contributed by atoms with Crippen LogP contribution in [0.2, 0.25) is 0 Å². The first-order chi connectivity index (χ1) is 9.54. The molecule has 2 aromatic carbocycles. The van der Waals surface area contributed by atoms with Gasteiger partial charge in [0.05, 0.1) is 0 Å². The Morgan fingerprint density at radius 2 is 1.45 bits per heavy atom. The Kier molecular flexibility index (Phi) is 4.05. The molecule has 4 N–H and O–H groups in total. The molecule has 0 atom stereocenters. The molecule has 4 nitrogen and oxygen atoms in total. The standard InChI is InChI=1S/C16H16N2O2/c1-11(12-2-4-13(17)5-3-12)10-16(19)20-15-8-6-14(18)7-9-15/h2-10H,17-18H2,1H3/b11-10+. The molecule has 102 valence electrons. The van der Waals surface area contributed by atoms with Crippen LogP contribution < -0.4 is 16.2 Å². The van der Waals surface area contributed by atoms with Crippen LogP contribution >= 0.6 is 0 Å². The number of hydrogen-bond donors (Lipinski definition) is 2. The minimum atomic E-state index is -0.427. The number of rotatable bonds is 3. The van der Waals surface area contributed by atoms with Crippen LogP contribution in [0.25, 0.3) is 5.57 Å². The van der Waals surface area contributed by atoms with Crippen molar-refractivity contribution in [1.82, 2.24) is 0 Å². The first-order valence-electron chi connectivity index (χ1n) is 6.16. The summed E-state index contributed by atoms with van der Waals surface area (Å²) < 4.78 is 5.19. The fourth-order valence-electron chi connectivity index (χ4n) is 1.69. The molecule has 0 spiro atoms. The number of esters is 1. The lowest BCUT2D eigenvalue weighted by Crippen LogP contribution is -2.04. The van der Waals surface area contributed by atoms with Crippen molar-refractivity contribution < 1.29 is 9.53 Å². The van der Waals surface area contributed by atoms with E-state index >= 15 is 0 Å². The summed E-state index contributed by atoms with van der Waals surface area (Å²) in [5.41, 5.74) is 14.2. The minimum absolute atomic E-state index is 0.427. The molecule has 0 aromatic heterocycles. The van der Waals surface area contributed by atoms with E-state index in [4.69, 9.17) is 16.2 Å². The van der Waals surface area contributed by atoms with E-state index in [0.717, 1.165) is 11.1 Å². The third kappa shape index (κ3) is 3.62. The quantitative estimate of drug-likeness (QED) is 0.388. The molecular formula is C16H16N2O2. The van der Waals surface area contributed by atoms with Crippen LogP contribution in [-0.4, -0.2) is 5.97 Å². The van der Waals surface area contributed by atoms with E-state index in [9.17, 15) is 4.79 Å². The number of carbonyl (C=O) groups excluding carboxylic acids is 1. The molecule has 0 saturated heterocycles. The first kappa shape index (κ1) is 13.7. The molecule has 0 bridgehead atoms. The summed E-state index contributed by atoms with van der Waals surface area (Å²) in [6.07, 6.45) is 1.45. The summed E-state index contributed by atoms with van der Waals surface area (Å²) in [6, 6.07) is 14.0. The van der Waals surface area contributed by atoms with Gasteiger partial charge >= 0.3 is 5.97 Å². The second kappa shape index (κ2) is 5.93. The van der Waals surface area contributed by atoms with Gasteiger partial charge in [-0.3, -0.25) is 0 Å². The Morgan fingerprint density at radius 1 is 0.950 bits per heavy atom. The predicted molar refractivity (Wildman–Crippen MR) is 81.0 cm³/mol. The van der Waals surface area contributed by atoms with Crippen LogP contribution in [0.4, 0.5) is 11.4 Å². The predicted octanol–water partition coefficient (Wildman–Crippen LogP) is 2.86. The van der Waals surface area contributed by atoms with E-state index in [2.05, 4.69) is 0 Å². The van der Waals surface area contributed by atoms with Crippen molar-refractivity contribution in [3.8, 4) is 5.75 Å². The Hall–Kier alpha value is -2.75. The monoisotopic (exact) mass is 268 g/mol. The molecule has 0 heterocycles. The lowest BCUT2D eigenvalue weighted by Gasteiger charge is -2.04. The number of anilines is 2. The Labute approximate surface area is 117 Å². The van der Waals surface area contributed by atoms with E-state index in [1.54, 1.807) is 36.4 Å². The summed E-state index contributed by atoms with van der Waals surface area (Å²) in [7, 11) is 0. The van der Waals surface area contributed by atoms with E-state index in [1.807, 2.05) is 19.1 Å². The largest absolute Gasteiger partial charge is 0.423 e. The number of ether oxygens (including phenoxy) is 1. The van der Waals surface area contributed by atoms with E-state index in [-0.39, 0.29) is 0 Å². The average molecular weight is 268 g/mol. The lowest BCUT2D eigenvalue weighted by atomic mass is 10.1. The van der Waals surface area contributed by atoms with Crippen LogP contribution in [0, 0.1) is 0 Å². The van der Waals surface area contributed by atoms with Gasteiger partial charge in [-0.15, -0.1) is 0 Å². The number of carbonyl (C=O) groups is 1. The number of benzene rings is 2. The van der Waals surface area contributed by atoms with Crippen LogP contribution in [0.3, 0.4) is 0 Å². The second-order valence-electron chi connectivity index (χ2n) is 4.44. The topological polar surface area (TPSA) is 78.3 Å². The molecule has 0 amide bonds. The molecular weight excluding hydrogens is 252 g/mol. The maximum absolute atomic E-state index is 11.8. The van der Waals surface area contributed by atoms with Crippen LogP contribution in [0.5, 0.6) is 5.75 Å². The first-order valence-corrected chi connectivity index (χ1v) is 6.16. The van der Waals surface area contributed by atoms with Gasteiger partial charge in [0.2, 0.25) is 0 Å². The normalized spacial score (nSPS) is 11.2. The van der Waals surface area contributed by atoms with E-state index in [0.29, 0.717) is 17.1 Å².